The third kappa shape index (κ3) is 4.25. The SMILES string of the molecule is C[C@H](C(=O)Nc1sc2c(c1C(=O)NCc1ccccc1)CCCC2)N1C(=O)c2ccccc2C1=O. The maximum absolute atomic E-state index is 13.3. The van der Waals surface area contributed by atoms with Crippen molar-refractivity contribution in [1.29, 1.82) is 0 Å². The number of carbonyl (C=O) groups excluding carboxylic acids is 4. The summed E-state index contributed by atoms with van der Waals surface area (Å²) in [6, 6.07) is 15.2. The summed E-state index contributed by atoms with van der Waals surface area (Å²) in [6.45, 7) is 1.91. The molecule has 1 aliphatic carbocycles. The van der Waals surface area contributed by atoms with Crippen LogP contribution in [0.2, 0.25) is 0 Å². The van der Waals surface area contributed by atoms with Crippen molar-refractivity contribution >= 4 is 40.0 Å². The zero-order chi connectivity index (χ0) is 24.5. The van der Waals surface area contributed by atoms with Crippen LogP contribution >= 0.6 is 11.3 Å². The second kappa shape index (κ2) is 9.46. The molecule has 0 bridgehead atoms. The minimum atomic E-state index is -1.03. The van der Waals surface area contributed by atoms with Crippen molar-refractivity contribution in [2.24, 2.45) is 0 Å². The van der Waals surface area contributed by atoms with Gasteiger partial charge in [-0.3, -0.25) is 24.1 Å². The van der Waals surface area contributed by atoms with Gasteiger partial charge in [0, 0.05) is 11.4 Å². The van der Waals surface area contributed by atoms with Crippen molar-refractivity contribution < 1.29 is 19.2 Å². The van der Waals surface area contributed by atoms with Crippen molar-refractivity contribution in [3.05, 3.63) is 87.3 Å². The van der Waals surface area contributed by atoms with E-state index in [0.29, 0.717) is 28.2 Å². The Balaban J connectivity index is 1.37. The molecular weight excluding hydrogens is 462 g/mol. The van der Waals surface area contributed by atoms with Crippen LogP contribution in [0.15, 0.2) is 54.6 Å². The van der Waals surface area contributed by atoms with Crippen LogP contribution in [0.3, 0.4) is 0 Å². The molecule has 0 radical (unpaired) electrons. The van der Waals surface area contributed by atoms with Gasteiger partial charge in [0.15, 0.2) is 0 Å². The van der Waals surface area contributed by atoms with Gasteiger partial charge in [0.25, 0.3) is 17.7 Å². The van der Waals surface area contributed by atoms with Crippen LogP contribution in [0, 0.1) is 0 Å². The molecule has 0 saturated heterocycles. The fourth-order valence-electron chi connectivity index (χ4n) is 4.65. The summed E-state index contributed by atoms with van der Waals surface area (Å²) >= 11 is 1.41. The number of rotatable bonds is 6. The standard InChI is InChI=1S/C27H25N3O4S/c1-16(30-26(33)18-11-5-6-12-19(18)27(30)34)23(31)29-25-22(20-13-7-8-14-21(20)35-25)24(32)28-15-17-9-3-2-4-10-17/h2-6,9-12,16H,7-8,13-15H2,1H3,(H,28,32)(H,29,31)/t16-/m1/s1. The zero-order valence-electron chi connectivity index (χ0n) is 19.3. The Morgan fingerprint density at radius 2 is 1.57 bits per heavy atom. The van der Waals surface area contributed by atoms with Gasteiger partial charge >= 0.3 is 0 Å². The summed E-state index contributed by atoms with van der Waals surface area (Å²) < 4.78 is 0. The summed E-state index contributed by atoms with van der Waals surface area (Å²) in [5.41, 5.74) is 3.04. The Morgan fingerprint density at radius 1 is 0.943 bits per heavy atom. The first-order valence-electron chi connectivity index (χ1n) is 11.7. The molecule has 2 aromatic carbocycles. The highest BCUT2D eigenvalue weighted by atomic mass is 32.1. The molecule has 3 aromatic rings. The second-order valence-electron chi connectivity index (χ2n) is 8.77. The van der Waals surface area contributed by atoms with Gasteiger partial charge < -0.3 is 10.6 Å². The lowest BCUT2D eigenvalue weighted by Gasteiger charge is -2.21. The molecule has 1 atom stereocenters. The van der Waals surface area contributed by atoms with Crippen molar-refractivity contribution in [2.45, 2.75) is 45.2 Å². The molecule has 178 valence electrons. The molecule has 35 heavy (non-hydrogen) atoms. The molecule has 4 amide bonds. The Morgan fingerprint density at radius 3 is 2.26 bits per heavy atom. The monoisotopic (exact) mass is 487 g/mol. The fraction of sp³-hybridized carbons (Fsp3) is 0.259. The van der Waals surface area contributed by atoms with Crippen LogP contribution in [-0.2, 0) is 24.2 Å². The number of imide groups is 1. The largest absolute Gasteiger partial charge is 0.348 e. The summed E-state index contributed by atoms with van der Waals surface area (Å²) in [7, 11) is 0. The molecule has 2 aliphatic rings. The number of hydrogen-bond donors (Lipinski definition) is 2. The molecule has 5 rings (SSSR count). The number of fused-ring (bicyclic) bond motifs is 2. The minimum Gasteiger partial charge on any atom is -0.348 e. The number of aryl methyl sites for hydroxylation is 1. The van der Waals surface area contributed by atoms with E-state index >= 15 is 0 Å². The van der Waals surface area contributed by atoms with Crippen LogP contribution in [0.5, 0.6) is 0 Å². The van der Waals surface area contributed by atoms with Crippen LogP contribution in [0.4, 0.5) is 5.00 Å². The maximum Gasteiger partial charge on any atom is 0.262 e. The van der Waals surface area contributed by atoms with Gasteiger partial charge in [-0.05, 0) is 55.9 Å². The summed E-state index contributed by atoms with van der Waals surface area (Å²) in [5.74, 6) is -1.72. The van der Waals surface area contributed by atoms with Gasteiger partial charge in [-0.25, -0.2) is 0 Å². The normalized spacial score (nSPS) is 15.4. The Kier molecular flexibility index (Phi) is 6.21. The van der Waals surface area contributed by atoms with E-state index in [2.05, 4.69) is 10.6 Å². The van der Waals surface area contributed by atoms with Crippen molar-refractivity contribution in [1.82, 2.24) is 10.2 Å². The molecule has 2 N–H and O–H groups in total. The molecule has 8 heteroatoms. The number of benzene rings is 2. The number of carbonyl (C=O) groups is 4. The fourth-order valence-corrected chi connectivity index (χ4v) is 5.94. The Bertz CT molecular complexity index is 1300. The lowest BCUT2D eigenvalue weighted by Crippen LogP contribution is -2.45. The van der Waals surface area contributed by atoms with E-state index < -0.39 is 23.8 Å². The number of nitrogens with zero attached hydrogens (tertiary/aromatic N) is 1. The van der Waals surface area contributed by atoms with Gasteiger partial charge in [-0.15, -0.1) is 11.3 Å². The number of nitrogens with one attached hydrogen (secondary N) is 2. The van der Waals surface area contributed by atoms with Gasteiger partial charge in [-0.1, -0.05) is 42.5 Å². The Hall–Kier alpha value is -3.78. The predicted molar refractivity (Wildman–Crippen MR) is 134 cm³/mol. The molecular formula is C27H25N3O4S. The Labute approximate surface area is 207 Å². The molecule has 1 aromatic heterocycles. The van der Waals surface area contributed by atoms with Gasteiger partial charge in [-0.2, -0.15) is 0 Å². The quantitative estimate of drug-likeness (QED) is 0.510. The van der Waals surface area contributed by atoms with Gasteiger partial charge in [0.2, 0.25) is 5.91 Å². The first-order valence-corrected chi connectivity index (χ1v) is 12.5. The van der Waals surface area contributed by atoms with Gasteiger partial charge in [0.05, 0.1) is 16.7 Å². The zero-order valence-corrected chi connectivity index (χ0v) is 20.1. The summed E-state index contributed by atoms with van der Waals surface area (Å²) in [5, 5.41) is 6.31. The first kappa shape index (κ1) is 23.0. The van der Waals surface area contributed by atoms with Gasteiger partial charge in [0.1, 0.15) is 11.0 Å². The third-order valence-electron chi connectivity index (χ3n) is 6.52. The molecule has 1 aliphatic heterocycles. The predicted octanol–water partition coefficient (Wildman–Crippen LogP) is 4.18. The van der Waals surface area contributed by atoms with E-state index in [1.807, 2.05) is 30.3 Å². The molecule has 0 saturated carbocycles. The highest BCUT2D eigenvalue weighted by Gasteiger charge is 2.41. The van der Waals surface area contributed by atoms with E-state index in [1.165, 1.54) is 18.3 Å². The van der Waals surface area contributed by atoms with E-state index in [1.54, 1.807) is 24.3 Å². The van der Waals surface area contributed by atoms with E-state index in [9.17, 15) is 19.2 Å². The van der Waals surface area contributed by atoms with Crippen LogP contribution in [0.25, 0.3) is 0 Å². The van der Waals surface area contributed by atoms with Crippen LogP contribution < -0.4 is 10.6 Å². The number of anilines is 1. The van der Waals surface area contributed by atoms with E-state index in [-0.39, 0.29) is 5.91 Å². The van der Waals surface area contributed by atoms with E-state index in [0.717, 1.165) is 46.6 Å². The summed E-state index contributed by atoms with van der Waals surface area (Å²) in [6.07, 6.45) is 3.67. The third-order valence-corrected chi connectivity index (χ3v) is 7.73. The van der Waals surface area contributed by atoms with Crippen molar-refractivity contribution in [3.8, 4) is 0 Å². The smallest absolute Gasteiger partial charge is 0.262 e. The van der Waals surface area contributed by atoms with Crippen molar-refractivity contribution in [3.63, 3.8) is 0 Å². The molecule has 0 fully saturated rings. The number of hydrogen-bond acceptors (Lipinski definition) is 5. The van der Waals surface area contributed by atoms with Crippen LogP contribution in [0.1, 0.15) is 66.8 Å². The molecule has 0 unspecified atom stereocenters. The first-order chi connectivity index (χ1) is 17.0. The topological polar surface area (TPSA) is 95.6 Å². The average molecular weight is 488 g/mol. The maximum atomic E-state index is 13.3. The highest BCUT2D eigenvalue weighted by molar-refractivity contribution is 7.17. The lowest BCUT2D eigenvalue weighted by molar-refractivity contribution is -0.119. The lowest BCUT2D eigenvalue weighted by atomic mass is 9.95. The molecule has 7 nitrogen and oxygen atoms in total. The highest BCUT2D eigenvalue weighted by Crippen LogP contribution is 2.38. The van der Waals surface area contributed by atoms with Crippen molar-refractivity contribution in [2.75, 3.05) is 5.32 Å². The number of amides is 4. The summed E-state index contributed by atoms with van der Waals surface area (Å²) in [4.78, 5) is 54.2. The molecule has 0 spiro atoms. The minimum absolute atomic E-state index is 0.239. The molecule has 2 heterocycles. The average Bonchev–Trinajstić information content (AvgIpc) is 3.37. The second-order valence-corrected chi connectivity index (χ2v) is 9.88. The number of thiophene rings is 1. The van der Waals surface area contributed by atoms with Crippen LogP contribution in [-0.4, -0.2) is 34.6 Å². The van der Waals surface area contributed by atoms with E-state index in [4.69, 9.17) is 0 Å².